The number of benzene rings is 2. The maximum atomic E-state index is 13.2. The van der Waals surface area contributed by atoms with E-state index < -0.39 is 11.7 Å². The van der Waals surface area contributed by atoms with E-state index in [1.165, 1.54) is 30.1 Å². The number of aromatic nitrogens is 2. The Labute approximate surface area is 184 Å². The van der Waals surface area contributed by atoms with E-state index in [4.69, 9.17) is 9.47 Å². The summed E-state index contributed by atoms with van der Waals surface area (Å²) in [6.07, 6.45) is -3.08. The highest BCUT2D eigenvalue weighted by molar-refractivity contribution is 5.95. The van der Waals surface area contributed by atoms with Crippen molar-refractivity contribution in [2.45, 2.75) is 26.6 Å². The van der Waals surface area contributed by atoms with Gasteiger partial charge in [0.25, 0.3) is 5.91 Å². The smallest absolute Gasteiger partial charge is 0.416 e. The summed E-state index contributed by atoms with van der Waals surface area (Å²) in [4.78, 5) is 14.8. The van der Waals surface area contributed by atoms with Gasteiger partial charge in [-0.15, -0.1) is 0 Å². The molecule has 0 saturated carbocycles. The molecular formula is C23H24F3N3O3. The molecule has 170 valence electrons. The highest BCUT2D eigenvalue weighted by atomic mass is 19.4. The van der Waals surface area contributed by atoms with Gasteiger partial charge in [0.2, 0.25) is 0 Å². The predicted molar refractivity (Wildman–Crippen MR) is 113 cm³/mol. The van der Waals surface area contributed by atoms with Crippen LogP contribution in [0.15, 0.2) is 48.7 Å². The molecule has 0 fully saturated rings. The number of rotatable bonds is 7. The molecule has 0 atom stereocenters. The number of hydrogen-bond donors (Lipinski definition) is 0. The number of halogens is 3. The van der Waals surface area contributed by atoms with Crippen LogP contribution in [0.3, 0.4) is 0 Å². The van der Waals surface area contributed by atoms with Crippen LogP contribution in [0.5, 0.6) is 11.5 Å². The molecule has 0 radical (unpaired) electrons. The van der Waals surface area contributed by atoms with E-state index in [-0.39, 0.29) is 11.6 Å². The van der Waals surface area contributed by atoms with Crippen LogP contribution in [0.2, 0.25) is 0 Å². The van der Waals surface area contributed by atoms with Gasteiger partial charge in [-0.3, -0.25) is 4.79 Å². The summed E-state index contributed by atoms with van der Waals surface area (Å²) in [5, 5.41) is 4.17. The lowest BCUT2D eigenvalue weighted by atomic mass is 10.1. The number of carbonyl (C=O) groups excluding carboxylic acids is 1. The molecule has 0 unspecified atom stereocenters. The van der Waals surface area contributed by atoms with Gasteiger partial charge in [0, 0.05) is 13.1 Å². The van der Waals surface area contributed by atoms with Gasteiger partial charge < -0.3 is 14.4 Å². The van der Waals surface area contributed by atoms with Crippen molar-refractivity contribution < 1.29 is 27.4 Å². The molecule has 0 N–H and O–H groups in total. The lowest BCUT2D eigenvalue weighted by molar-refractivity contribution is -0.137. The second kappa shape index (κ2) is 9.33. The van der Waals surface area contributed by atoms with Crippen molar-refractivity contribution in [3.05, 3.63) is 71.0 Å². The van der Waals surface area contributed by atoms with E-state index in [9.17, 15) is 18.0 Å². The van der Waals surface area contributed by atoms with Gasteiger partial charge in [-0.25, -0.2) is 4.68 Å². The molecule has 32 heavy (non-hydrogen) atoms. The molecule has 3 aromatic rings. The summed E-state index contributed by atoms with van der Waals surface area (Å²) < 4.78 is 51.1. The molecule has 0 saturated heterocycles. The van der Waals surface area contributed by atoms with Crippen molar-refractivity contribution in [3.63, 3.8) is 0 Å². The Bertz CT molecular complexity index is 1110. The number of hydrogen-bond acceptors (Lipinski definition) is 4. The molecule has 1 aromatic heterocycles. The number of ether oxygens (including phenoxy) is 2. The van der Waals surface area contributed by atoms with E-state index in [1.807, 2.05) is 13.0 Å². The van der Waals surface area contributed by atoms with E-state index >= 15 is 0 Å². The van der Waals surface area contributed by atoms with E-state index in [0.29, 0.717) is 35.8 Å². The fourth-order valence-corrected chi connectivity index (χ4v) is 3.39. The molecule has 9 heteroatoms. The largest absolute Gasteiger partial charge is 0.493 e. The Kier molecular flexibility index (Phi) is 6.76. The molecule has 0 bridgehead atoms. The lowest BCUT2D eigenvalue weighted by Crippen LogP contribution is -2.30. The first kappa shape index (κ1) is 23.2. The number of methoxy groups -OCH3 is 2. The Hall–Kier alpha value is -3.49. The summed E-state index contributed by atoms with van der Waals surface area (Å²) in [6, 6.07) is 10.3. The van der Waals surface area contributed by atoms with Crippen molar-refractivity contribution >= 4 is 5.91 Å². The molecule has 2 aromatic carbocycles. The zero-order valence-electron chi connectivity index (χ0n) is 18.2. The minimum absolute atomic E-state index is 0.235. The van der Waals surface area contributed by atoms with Crippen molar-refractivity contribution in [1.29, 1.82) is 0 Å². The van der Waals surface area contributed by atoms with Crippen LogP contribution >= 0.6 is 0 Å². The summed E-state index contributed by atoms with van der Waals surface area (Å²) in [6.45, 7) is 4.27. The second-order valence-corrected chi connectivity index (χ2v) is 7.11. The van der Waals surface area contributed by atoms with Gasteiger partial charge >= 0.3 is 6.18 Å². The first-order chi connectivity index (χ1) is 15.2. The molecule has 0 aliphatic heterocycles. The average Bonchev–Trinajstić information content (AvgIpc) is 3.17. The number of amides is 1. The summed E-state index contributed by atoms with van der Waals surface area (Å²) in [7, 11) is 3.08. The first-order valence-electron chi connectivity index (χ1n) is 9.92. The van der Waals surface area contributed by atoms with E-state index in [0.717, 1.165) is 17.7 Å². The third-order valence-corrected chi connectivity index (χ3v) is 5.15. The predicted octanol–water partition coefficient (Wildman–Crippen LogP) is 4.88. The SMILES string of the molecule is CCN(Cc1ccc(OC)c(OC)c1)C(=O)c1cnn(-c2cccc(C(F)(F)F)c2)c1C. The fraction of sp³-hybridized carbons (Fsp3) is 0.304. The van der Waals surface area contributed by atoms with Crippen molar-refractivity contribution in [2.75, 3.05) is 20.8 Å². The molecule has 0 aliphatic rings. The molecular weight excluding hydrogens is 423 g/mol. The zero-order chi connectivity index (χ0) is 23.5. The Morgan fingerprint density at radius 1 is 1.09 bits per heavy atom. The zero-order valence-corrected chi connectivity index (χ0v) is 18.2. The van der Waals surface area contributed by atoms with Crippen molar-refractivity contribution in [2.24, 2.45) is 0 Å². The molecule has 1 heterocycles. The lowest BCUT2D eigenvalue weighted by Gasteiger charge is -2.21. The summed E-state index contributed by atoms with van der Waals surface area (Å²) in [5.41, 5.74) is 1.09. The normalized spacial score (nSPS) is 11.3. The molecule has 1 amide bonds. The topological polar surface area (TPSA) is 56.6 Å². The molecule has 0 aliphatic carbocycles. The highest BCUT2D eigenvalue weighted by Crippen LogP contribution is 2.31. The number of carbonyl (C=O) groups is 1. The fourth-order valence-electron chi connectivity index (χ4n) is 3.39. The quantitative estimate of drug-likeness (QED) is 0.518. The van der Waals surface area contributed by atoms with Crippen LogP contribution in [-0.4, -0.2) is 41.4 Å². The van der Waals surface area contributed by atoms with Gasteiger partial charge in [-0.2, -0.15) is 18.3 Å². The highest BCUT2D eigenvalue weighted by Gasteiger charge is 2.31. The summed E-state index contributed by atoms with van der Waals surface area (Å²) >= 11 is 0. The van der Waals surface area contributed by atoms with Gasteiger partial charge in [0.05, 0.1) is 42.9 Å². The standard InChI is InChI=1S/C23H24F3N3O3/c1-5-28(14-16-9-10-20(31-3)21(11-16)32-4)22(30)19-13-27-29(15(19)2)18-8-6-7-17(12-18)23(24,25)26/h6-13H,5,14H2,1-4H3. The Balaban J connectivity index is 1.87. The van der Waals surface area contributed by atoms with Crippen LogP contribution in [-0.2, 0) is 12.7 Å². The second-order valence-electron chi connectivity index (χ2n) is 7.11. The Morgan fingerprint density at radius 2 is 1.81 bits per heavy atom. The Morgan fingerprint density at radius 3 is 2.44 bits per heavy atom. The third-order valence-electron chi connectivity index (χ3n) is 5.15. The molecule has 0 spiro atoms. The van der Waals surface area contributed by atoms with Gasteiger partial charge in [-0.05, 0) is 49.7 Å². The van der Waals surface area contributed by atoms with E-state index in [1.54, 1.807) is 31.1 Å². The van der Waals surface area contributed by atoms with Crippen LogP contribution in [0.4, 0.5) is 13.2 Å². The third kappa shape index (κ3) is 4.71. The number of alkyl halides is 3. The van der Waals surface area contributed by atoms with Crippen molar-refractivity contribution in [1.82, 2.24) is 14.7 Å². The minimum atomic E-state index is -4.46. The van der Waals surface area contributed by atoms with Crippen LogP contribution in [0.1, 0.15) is 34.1 Å². The molecule has 3 rings (SSSR count). The average molecular weight is 447 g/mol. The van der Waals surface area contributed by atoms with Crippen LogP contribution < -0.4 is 9.47 Å². The van der Waals surface area contributed by atoms with E-state index in [2.05, 4.69) is 5.10 Å². The maximum absolute atomic E-state index is 13.2. The molecule has 6 nitrogen and oxygen atoms in total. The van der Waals surface area contributed by atoms with Crippen molar-refractivity contribution in [3.8, 4) is 17.2 Å². The minimum Gasteiger partial charge on any atom is -0.493 e. The monoisotopic (exact) mass is 447 g/mol. The maximum Gasteiger partial charge on any atom is 0.416 e. The van der Waals surface area contributed by atoms with Gasteiger partial charge in [0.15, 0.2) is 11.5 Å². The first-order valence-corrected chi connectivity index (χ1v) is 9.92. The van der Waals surface area contributed by atoms with Gasteiger partial charge in [-0.1, -0.05) is 12.1 Å². The summed E-state index contributed by atoms with van der Waals surface area (Å²) in [5.74, 6) is 0.879. The van der Waals surface area contributed by atoms with Crippen LogP contribution in [0.25, 0.3) is 5.69 Å². The van der Waals surface area contributed by atoms with Crippen LogP contribution in [0, 0.1) is 6.92 Å². The van der Waals surface area contributed by atoms with Gasteiger partial charge in [0.1, 0.15) is 0 Å². The number of nitrogens with zero attached hydrogens (tertiary/aromatic N) is 3.